The van der Waals surface area contributed by atoms with Crippen molar-refractivity contribution in [3.05, 3.63) is 102 Å². The van der Waals surface area contributed by atoms with Crippen molar-refractivity contribution in [3.63, 3.8) is 0 Å². The lowest BCUT2D eigenvalue weighted by Crippen LogP contribution is -2.35. The first-order valence-corrected chi connectivity index (χ1v) is 11.1. The van der Waals surface area contributed by atoms with Crippen LogP contribution >= 0.6 is 0 Å². The van der Waals surface area contributed by atoms with Crippen molar-refractivity contribution in [3.8, 4) is 17.1 Å². The Kier molecular flexibility index (Phi) is 5.89. The Morgan fingerprint density at radius 2 is 1.70 bits per heavy atom. The number of likely N-dealkylation sites (tertiary alicyclic amines) is 1. The quantitative estimate of drug-likeness (QED) is 0.411. The molecule has 4 aromatic rings. The zero-order valence-electron chi connectivity index (χ0n) is 18.4. The summed E-state index contributed by atoms with van der Waals surface area (Å²) in [5, 5.41) is 4.18. The van der Waals surface area contributed by atoms with Crippen LogP contribution in [-0.2, 0) is 4.79 Å². The third kappa shape index (κ3) is 4.24. The molecular weight excluding hydrogens is 414 g/mol. The van der Waals surface area contributed by atoms with Crippen LogP contribution in [-0.4, -0.2) is 34.6 Å². The van der Waals surface area contributed by atoms with Crippen molar-refractivity contribution in [1.29, 1.82) is 0 Å². The molecule has 1 atom stereocenters. The standard InChI is InChI=1S/C27H25N3O3/c1-32-22-15-8-14-21(18-22)25-28-26(33-29-25)23-16-9-17-30(23)27(31)24(19-10-4-2-5-11-19)20-12-6-3-7-13-20/h2-8,10-15,18,23-24H,9,16-17H2,1H3. The predicted octanol–water partition coefficient (Wildman–Crippen LogP) is 5.24. The van der Waals surface area contributed by atoms with Gasteiger partial charge < -0.3 is 14.2 Å². The van der Waals surface area contributed by atoms with Gasteiger partial charge in [0.2, 0.25) is 17.6 Å². The largest absolute Gasteiger partial charge is 0.497 e. The molecule has 0 bridgehead atoms. The Morgan fingerprint density at radius 1 is 1.00 bits per heavy atom. The minimum absolute atomic E-state index is 0.0519. The number of carbonyl (C=O) groups is 1. The molecule has 1 aliphatic heterocycles. The smallest absolute Gasteiger partial charge is 0.249 e. The van der Waals surface area contributed by atoms with E-state index < -0.39 is 0 Å². The molecule has 0 spiro atoms. The first-order valence-electron chi connectivity index (χ1n) is 11.1. The zero-order valence-corrected chi connectivity index (χ0v) is 18.4. The van der Waals surface area contributed by atoms with Crippen LogP contribution in [0.15, 0.2) is 89.5 Å². The first kappa shape index (κ1) is 20.9. The van der Waals surface area contributed by atoms with Gasteiger partial charge >= 0.3 is 0 Å². The summed E-state index contributed by atoms with van der Waals surface area (Å²) >= 11 is 0. The Morgan fingerprint density at radius 3 is 2.36 bits per heavy atom. The van der Waals surface area contributed by atoms with E-state index in [-0.39, 0.29) is 17.9 Å². The molecule has 0 saturated carbocycles. The number of nitrogens with zero attached hydrogens (tertiary/aromatic N) is 3. The van der Waals surface area contributed by atoms with Crippen LogP contribution in [0.3, 0.4) is 0 Å². The van der Waals surface area contributed by atoms with Gasteiger partial charge in [0.25, 0.3) is 0 Å². The van der Waals surface area contributed by atoms with Crippen LogP contribution in [0, 0.1) is 0 Å². The number of amides is 1. The van der Waals surface area contributed by atoms with E-state index in [1.807, 2.05) is 89.8 Å². The van der Waals surface area contributed by atoms with Gasteiger partial charge in [-0.05, 0) is 36.1 Å². The normalized spacial score (nSPS) is 15.7. The molecule has 3 aromatic carbocycles. The van der Waals surface area contributed by atoms with Gasteiger partial charge in [-0.3, -0.25) is 4.79 Å². The topological polar surface area (TPSA) is 68.5 Å². The van der Waals surface area contributed by atoms with Gasteiger partial charge in [-0.2, -0.15) is 4.98 Å². The SMILES string of the molecule is COc1cccc(-c2noc(C3CCCN3C(=O)C(c3ccccc3)c3ccccc3)n2)c1. The van der Waals surface area contributed by atoms with Gasteiger partial charge in [0, 0.05) is 12.1 Å². The highest BCUT2D eigenvalue weighted by molar-refractivity contribution is 5.87. The fraction of sp³-hybridized carbons (Fsp3) is 0.222. The highest BCUT2D eigenvalue weighted by atomic mass is 16.5. The highest BCUT2D eigenvalue weighted by Crippen LogP contribution is 2.37. The van der Waals surface area contributed by atoms with Crippen LogP contribution in [0.1, 0.15) is 41.8 Å². The number of ether oxygens (including phenoxy) is 1. The fourth-order valence-corrected chi connectivity index (χ4v) is 4.47. The van der Waals surface area contributed by atoms with Crippen LogP contribution in [0.2, 0.25) is 0 Å². The summed E-state index contributed by atoms with van der Waals surface area (Å²) in [7, 11) is 1.62. The molecule has 5 rings (SSSR count). The van der Waals surface area contributed by atoms with Crippen molar-refractivity contribution in [2.45, 2.75) is 24.8 Å². The molecule has 166 valence electrons. The van der Waals surface area contributed by atoms with Crippen molar-refractivity contribution < 1.29 is 14.1 Å². The second kappa shape index (κ2) is 9.28. The first-order chi connectivity index (χ1) is 16.2. The summed E-state index contributed by atoms with van der Waals surface area (Å²) in [5.41, 5.74) is 2.76. The Bertz CT molecular complexity index is 1180. The van der Waals surface area contributed by atoms with E-state index in [9.17, 15) is 4.79 Å². The number of aromatic nitrogens is 2. The molecule has 6 nitrogen and oxygen atoms in total. The summed E-state index contributed by atoms with van der Waals surface area (Å²) in [6.07, 6.45) is 1.69. The maximum Gasteiger partial charge on any atom is 0.249 e. The van der Waals surface area contributed by atoms with Crippen molar-refractivity contribution >= 4 is 5.91 Å². The minimum atomic E-state index is -0.381. The van der Waals surface area contributed by atoms with Crippen molar-refractivity contribution in [2.75, 3.05) is 13.7 Å². The number of benzene rings is 3. The molecular formula is C27H25N3O3. The van der Waals surface area contributed by atoms with E-state index in [0.29, 0.717) is 18.3 Å². The average molecular weight is 440 g/mol. The van der Waals surface area contributed by atoms with Crippen LogP contribution in [0.5, 0.6) is 5.75 Å². The molecule has 0 N–H and O–H groups in total. The summed E-state index contributed by atoms with van der Waals surface area (Å²) in [4.78, 5) is 20.5. The molecule has 1 saturated heterocycles. The second-order valence-electron chi connectivity index (χ2n) is 8.13. The van der Waals surface area contributed by atoms with E-state index in [2.05, 4.69) is 10.1 Å². The Balaban J connectivity index is 1.45. The molecule has 1 unspecified atom stereocenters. The number of hydrogen-bond acceptors (Lipinski definition) is 5. The number of hydrogen-bond donors (Lipinski definition) is 0. The monoisotopic (exact) mass is 439 g/mol. The molecule has 1 aliphatic rings. The second-order valence-corrected chi connectivity index (χ2v) is 8.13. The summed E-state index contributed by atoms with van der Waals surface area (Å²) in [6.45, 7) is 0.663. The van der Waals surface area contributed by atoms with Crippen molar-refractivity contribution in [1.82, 2.24) is 15.0 Å². The van der Waals surface area contributed by atoms with Crippen LogP contribution in [0.4, 0.5) is 0 Å². The van der Waals surface area contributed by atoms with E-state index in [0.717, 1.165) is 35.3 Å². The predicted molar refractivity (Wildman–Crippen MR) is 125 cm³/mol. The molecule has 1 fully saturated rings. The number of carbonyl (C=O) groups excluding carboxylic acids is 1. The number of methoxy groups -OCH3 is 1. The maximum atomic E-state index is 13.9. The summed E-state index contributed by atoms with van der Waals surface area (Å²) in [6, 6.07) is 27.1. The van der Waals surface area contributed by atoms with Gasteiger partial charge in [-0.15, -0.1) is 0 Å². The fourth-order valence-electron chi connectivity index (χ4n) is 4.47. The van der Waals surface area contributed by atoms with Gasteiger partial charge in [-0.1, -0.05) is 78.0 Å². The van der Waals surface area contributed by atoms with E-state index >= 15 is 0 Å². The number of rotatable bonds is 6. The van der Waals surface area contributed by atoms with Crippen LogP contribution < -0.4 is 4.74 Å². The van der Waals surface area contributed by atoms with Gasteiger partial charge in [0.1, 0.15) is 11.8 Å². The molecule has 2 heterocycles. The van der Waals surface area contributed by atoms with Crippen LogP contribution in [0.25, 0.3) is 11.4 Å². The lowest BCUT2D eigenvalue weighted by atomic mass is 9.90. The van der Waals surface area contributed by atoms with E-state index in [1.54, 1.807) is 7.11 Å². The van der Waals surface area contributed by atoms with Gasteiger partial charge in [0.15, 0.2) is 0 Å². The zero-order chi connectivity index (χ0) is 22.6. The van der Waals surface area contributed by atoms with Gasteiger partial charge in [0.05, 0.1) is 13.0 Å². The molecule has 1 aromatic heterocycles. The molecule has 33 heavy (non-hydrogen) atoms. The average Bonchev–Trinajstić information content (AvgIpc) is 3.55. The summed E-state index contributed by atoms with van der Waals surface area (Å²) in [5.74, 6) is 1.36. The Hall–Kier alpha value is -3.93. The van der Waals surface area contributed by atoms with E-state index in [4.69, 9.17) is 9.26 Å². The third-order valence-electron chi connectivity index (χ3n) is 6.10. The Labute approximate surface area is 192 Å². The van der Waals surface area contributed by atoms with Crippen molar-refractivity contribution in [2.24, 2.45) is 0 Å². The molecule has 6 heteroatoms. The molecule has 0 radical (unpaired) electrons. The third-order valence-corrected chi connectivity index (χ3v) is 6.10. The lowest BCUT2D eigenvalue weighted by molar-refractivity contribution is -0.133. The minimum Gasteiger partial charge on any atom is -0.497 e. The maximum absolute atomic E-state index is 13.9. The molecule has 1 amide bonds. The lowest BCUT2D eigenvalue weighted by Gasteiger charge is -2.27. The van der Waals surface area contributed by atoms with E-state index in [1.165, 1.54) is 0 Å². The summed E-state index contributed by atoms with van der Waals surface area (Å²) < 4.78 is 11.0. The molecule has 0 aliphatic carbocycles. The van der Waals surface area contributed by atoms with Gasteiger partial charge in [-0.25, -0.2) is 0 Å². The highest BCUT2D eigenvalue weighted by Gasteiger charge is 2.38.